The molecular weight excluding hydrogens is 488 g/mol. The van der Waals surface area contributed by atoms with Gasteiger partial charge in [-0.1, -0.05) is 82.8 Å². The number of carbonyl (C=O) groups excluding carboxylic acids is 1. The molecule has 1 aliphatic rings. The van der Waals surface area contributed by atoms with E-state index in [-0.39, 0.29) is 12.5 Å². The maximum Gasteiger partial charge on any atom is 0.245 e. The van der Waals surface area contributed by atoms with E-state index >= 15 is 0 Å². The lowest BCUT2D eigenvalue weighted by Crippen LogP contribution is -2.38. The molecule has 4 nitrogen and oxygen atoms in total. The summed E-state index contributed by atoms with van der Waals surface area (Å²) in [6, 6.07) is 20.5. The average molecular weight is 507 g/mol. The Morgan fingerprint density at radius 2 is 1.59 bits per heavy atom. The minimum Gasteiger partial charge on any atom is -0.324 e. The second kappa shape index (κ2) is 9.32. The predicted molar refractivity (Wildman–Crippen MR) is 133 cm³/mol. The minimum atomic E-state index is -0.442. The van der Waals surface area contributed by atoms with E-state index in [1.807, 2.05) is 30.3 Å². The minimum absolute atomic E-state index is 0.0769. The van der Waals surface area contributed by atoms with Crippen molar-refractivity contribution in [3.05, 3.63) is 97.9 Å². The SMILES string of the molecule is CC1(c2ccccc2)CN(CC(=O)Nc2ccc(Cl)c(Cl)c2)N=C1c1ccc(Cl)c(Cl)c1. The Balaban J connectivity index is 1.61. The zero-order chi connectivity index (χ0) is 22.9. The van der Waals surface area contributed by atoms with Crippen LogP contribution in [0.25, 0.3) is 0 Å². The van der Waals surface area contributed by atoms with Crippen LogP contribution in [0.2, 0.25) is 20.1 Å². The predicted octanol–water partition coefficient (Wildman–Crippen LogP) is 6.92. The van der Waals surface area contributed by atoms with Crippen LogP contribution in [0.4, 0.5) is 5.69 Å². The van der Waals surface area contributed by atoms with Gasteiger partial charge in [0.1, 0.15) is 6.54 Å². The zero-order valence-electron chi connectivity index (χ0n) is 17.1. The lowest BCUT2D eigenvalue weighted by atomic mass is 9.76. The third-order valence-corrected chi connectivity index (χ3v) is 6.87. The summed E-state index contributed by atoms with van der Waals surface area (Å²) in [6.07, 6.45) is 0. The van der Waals surface area contributed by atoms with Crippen LogP contribution in [0.1, 0.15) is 18.1 Å². The second-order valence-electron chi connectivity index (χ2n) is 7.78. The van der Waals surface area contributed by atoms with Gasteiger partial charge in [-0.25, -0.2) is 0 Å². The number of benzene rings is 3. The molecule has 4 rings (SSSR count). The Kier molecular flexibility index (Phi) is 6.68. The number of nitrogens with one attached hydrogen (secondary N) is 1. The number of nitrogens with zero attached hydrogens (tertiary/aromatic N) is 2. The Bertz CT molecular complexity index is 1200. The molecule has 0 saturated heterocycles. The first kappa shape index (κ1) is 22.9. The molecular formula is C24H19Cl4N3O. The first-order valence-corrected chi connectivity index (χ1v) is 11.4. The molecule has 1 N–H and O–H groups in total. The second-order valence-corrected chi connectivity index (χ2v) is 9.40. The number of rotatable bonds is 5. The fraction of sp³-hybridized carbons (Fsp3) is 0.167. The molecule has 1 atom stereocenters. The van der Waals surface area contributed by atoms with E-state index in [1.165, 1.54) is 0 Å². The molecule has 0 spiro atoms. The van der Waals surface area contributed by atoms with Crippen LogP contribution >= 0.6 is 46.4 Å². The molecule has 0 saturated carbocycles. The molecule has 0 fully saturated rings. The van der Waals surface area contributed by atoms with Gasteiger partial charge in [0.25, 0.3) is 0 Å². The third-order valence-electron chi connectivity index (χ3n) is 5.40. The number of hydrogen-bond acceptors (Lipinski definition) is 3. The summed E-state index contributed by atoms with van der Waals surface area (Å²) >= 11 is 24.4. The quantitative estimate of drug-likeness (QED) is 0.408. The maximum atomic E-state index is 12.7. The first-order valence-electron chi connectivity index (χ1n) is 9.86. The van der Waals surface area contributed by atoms with Crippen molar-refractivity contribution in [3.63, 3.8) is 0 Å². The van der Waals surface area contributed by atoms with Crippen LogP contribution in [-0.4, -0.2) is 29.7 Å². The number of amides is 1. The molecule has 32 heavy (non-hydrogen) atoms. The van der Waals surface area contributed by atoms with Crippen molar-refractivity contribution in [1.82, 2.24) is 5.01 Å². The summed E-state index contributed by atoms with van der Waals surface area (Å²) in [4.78, 5) is 12.7. The van der Waals surface area contributed by atoms with Gasteiger partial charge in [-0.15, -0.1) is 0 Å². The number of hydrazone groups is 1. The number of hydrogen-bond donors (Lipinski definition) is 1. The number of halogens is 4. The molecule has 3 aromatic rings. The van der Waals surface area contributed by atoms with E-state index in [0.717, 1.165) is 16.8 Å². The van der Waals surface area contributed by atoms with Crippen molar-refractivity contribution in [2.24, 2.45) is 5.10 Å². The summed E-state index contributed by atoms with van der Waals surface area (Å²) in [5.41, 5.74) is 2.91. The van der Waals surface area contributed by atoms with E-state index in [1.54, 1.807) is 29.3 Å². The molecule has 1 heterocycles. The lowest BCUT2D eigenvalue weighted by molar-refractivity contribution is -0.117. The summed E-state index contributed by atoms with van der Waals surface area (Å²) in [7, 11) is 0. The maximum absolute atomic E-state index is 12.7. The Labute approximate surface area is 206 Å². The standard InChI is InChI=1S/C24H19Cl4N3O/c1-24(16-5-3-2-4-6-16)14-31(30-23(24)15-7-9-18(25)20(27)11-15)13-22(32)29-17-8-10-19(26)21(28)12-17/h2-12H,13-14H2,1H3,(H,29,32). The van der Waals surface area contributed by atoms with Gasteiger partial charge in [0, 0.05) is 11.3 Å². The normalized spacial score (nSPS) is 17.9. The van der Waals surface area contributed by atoms with Gasteiger partial charge in [0.2, 0.25) is 5.91 Å². The van der Waals surface area contributed by atoms with Gasteiger partial charge in [-0.2, -0.15) is 5.10 Å². The van der Waals surface area contributed by atoms with Crippen LogP contribution in [0.3, 0.4) is 0 Å². The summed E-state index contributed by atoms with van der Waals surface area (Å²) in [5.74, 6) is -0.210. The molecule has 0 bridgehead atoms. The van der Waals surface area contributed by atoms with Crippen molar-refractivity contribution in [3.8, 4) is 0 Å². The Morgan fingerprint density at radius 1 is 0.938 bits per heavy atom. The highest BCUT2D eigenvalue weighted by Gasteiger charge is 2.41. The highest BCUT2D eigenvalue weighted by molar-refractivity contribution is 6.42. The average Bonchev–Trinajstić information content (AvgIpc) is 3.10. The lowest BCUT2D eigenvalue weighted by Gasteiger charge is -2.27. The fourth-order valence-electron chi connectivity index (χ4n) is 3.81. The van der Waals surface area contributed by atoms with E-state index < -0.39 is 5.41 Å². The summed E-state index contributed by atoms with van der Waals surface area (Å²) < 4.78 is 0. The Hall–Kier alpha value is -2.24. The summed E-state index contributed by atoms with van der Waals surface area (Å²) in [5, 5.41) is 11.2. The van der Waals surface area contributed by atoms with Crippen LogP contribution in [0, 0.1) is 0 Å². The van der Waals surface area contributed by atoms with E-state index in [9.17, 15) is 4.79 Å². The number of anilines is 1. The van der Waals surface area contributed by atoms with Gasteiger partial charge in [-0.05, 0) is 42.8 Å². The van der Waals surface area contributed by atoms with Gasteiger partial charge in [0.15, 0.2) is 0 Å². The molecule has 0 aromatic heterocycles. The monoisotopic (exact) mass is 505 g/mol. The van der Waals surface area contributed by atoms with Crippen LogP contribution < -0.4 is 5.32 Å². The van der Waals surface area contributed by atoms with Gasteiger partial charge in [-0.3, -0.25) is 9.80 Å². The molecule has 1 aliphatic heterocycles. The highest BCUT2D eigenvalue weighted by Crippen LogP contribution is 2.36. The molecule has 1 amide bonds. The van der Waals surface area contributed by atoms with Crippen molar-refractivity contribution in [2.45, 2.75) is 12.3 Å². The molecule has 3 aromatic carbocycles. The van der Waals surface area contributed by atoms with Crippen molar-refractivity contribution in [1.29, 1.82) is 0 Å². The van der Waals surface area contributed by atoms with Crippen molar-refractivity contribution >= 4 is 63.7 Å². The zero-order valence-corrected chi connectivity index (χ0v) is 20.1. The van der Waals surface area contributed by atoms with E-state index in [4.69, 9.17) is 51.5 Å². The molecule has 164 valence electrons. The van der Waals surface area contributed by atoms with E-state index in [2.05, 4.69) is 24.4 Å². The van der Waals surface area contributed by atoms with Gasteiger partial charge < -0.3 is 5.32 Å². The smallest absolute Gasteiger partial charge is 0.245 e. The van der Waals surface area contributed by atoms with Gasteiger partial charge >= 0.3 is 0 Å². The summed E-state index contributed by atoms with van der Waals surface area (Å²) in [6.45, 7) is 2.72. The van der Waals surface area contributed by atoms with Crippen molar-refractivity contribution < 1.29 is 4.79 Å². The topological polar surface area (TPSA) is 44.7 Å². The van der Waals surface area contributed by atoms with Crippen LogP contribution in [0.15, 0.2) is 71.8 Å². The fourth-order valence-corrected chi connectivity index (χ4v) is 4.41. The first-order chi connectivity index (χ1) is 15.3. The molecule has 0 radical (unpaired) electrons. The van der Waals surface area contributed by atoms with Crippen molar-refractivity contribution in [2.75, 3.05) is 18.4 Å². The van der Waals surface area contributed by atoms with Crippen LogP contribution in [-0.2, 0) is 10.2 Å². The molecule has 8 heteroatoms. The third kappa shape index (κ3) is 4.74. The largest absolute Gasteiger partial charge is 0.324 e. The number of carbonyl (C=O) groups is 1. The highest BCUT2D eigenvalue weighted by atomic mass is 35.5. The molecule has 1 unspecified atom stereocenters. The Morgan fingerprint density at radius 3 is 2.25 bits per heavy atom. The van der Waals surface area contributed by atoms with E-state index in [0.29, 0.717) is 32.3 Å². The van der Waals surface area contributed by atoms with Gasteiger partial charge in [0.05, 0.1) is 37.8 Å². The molecule has 0 aliphatic carbocycles. The van der Waals surface area contributed by atoms with Crippen LogP contribution in [0.5, 0.6) is 0 Å².